The van der Waals surface area contributed by atoms with Gasteiger partial charge in [-0.1, -0.05) is 6.07 Å². The number of hydrogen-bond donors (Lipinski definition) is 2. The molecule has 2 N–H and O–H groups in total. The summed E-state index contributed by atoms with van der Waals surface area (Å²) in [6, 6.07) is 11.6. The lowest BCUT2D eigenvalue weighted by Gasteiger charge is -2.13. The van der Waals surface area contributed by atoms with Gasteiger partial charge in [0.05, 0.1) is 11.5 Å². The normalized spacial score (nSPS) is 13.9. The third-order valence-electron chi connectivity index (χ3n) is 4.11. The fourth-order valence-electron chi connectivity index (χ4n) is 2.55. The van der Waals surface area contributed by atoms with E-state index in [1.165, 1.54) is 6.07 Å². The number of ether oxygens (including phenoxy) is 1. The van der Waals surface area contributed by atoms with Crippen LogP contribution in [0.15, 0.2) is 47.4 Å². The molecule has 1 saturated carbocycles. The molecule has 0 unspecified atom stereocenters. The van der Waals surface area contributed by atoms with Crippen molar-refractivity contribution in [2.45, 2.75) is 31.6 Å². The van der Waals surface area contributed by atoms with Crippen LogP contribution in [0.3, 0.4) is 0 Å². The molecule has 7 heteroatoms. The Labute approximate surface area is 153 Å². The highest BCUT2D eigenvalue weighted by molar-refractivity contribution is 7.92. The average Bonchev–Trinajstić information content (AvgIpc) is 3.43. The van der Waals surface area contributed by atoms with E-state index < -0.39 is 10.0 Å². The van der Waals surface area contributed by atoms with Crippen LogP contribution in [0.1, 0.15) is 25.3 Å². The zero-order chi connectivity index (χ0) is 18.7. The molecule has 2 aromatic carbocycles. The summed E-state index contributed by atoms with van der Waals surface area (Å²) in [5, 5.41) is 2.78. The second-order valence-corrected chi connectivity index (χ2v) is 7.96. The molecule has 6 nitrogen and oxygen atoms in total. The van der Waals surface area contributed by atoms with Crippen LogP contribution in [0.2, 0.25) is 0 Å². The van der Waals surface area contributed by atoms with Gasteiger partial charge < -0.3 is 10.1 Å². The first-order valence-corrected chi connectivity index (χ1v) is 10.0. The number of aryl methyl sites for hydroxylation is 1. The van der Waals surface area contributed by atoms with Gasteiger partial charge in [0, 0.05) is 17.3 Å². The SMILES string of the molecule is CCOc1ccc(NS(=O)(=O)c2cc(NC(=O)C3CC3)ccc2C)cc1. The molecule has 0 aliphatic heterocycles. The number of carbonyl (C=O) groups is 1. The summed E-state index contributed by atoms with van der Waals surface area (Å²) in [5.41, 5.74) is 1.53. The molecule has 0 saturated heterocycles. The average molecular weight is 374 g/mol. The van der Waals surface area contributed by atoms with Crippen LogP contribution in [-0.2, 0) is 14.8 Å². The molecule has 26 heavy (non-hydrogen) atoms. The number of nitrogens with one attached hydrogen (secondary N) is 2. The molecule has 1 fully saturated rings. The first kappa shape index (κ1) is 18.3. The Morgan fingerprint density at radius 3 is 2.38 bits per heavy atom. The Morgan fingerprint density at radius 2 is 1.77 bits per heavy atom. The van der Waals surface area contributed by atoms with E-state index in [1.54, 1.807) is 43.3 Å². The highest BCUT2D eigenvalue weighted by Gasteiger charge is 2.29. The molecular weight excluding hydrogens is 352 g/mol. The molecule has 0 bridgehead atoms. The van der Waals surface area contributed by atoms with Crippen molar-refractivity contribution in [2.75, 3.05) is 16.6 Å². The Morgan fingerprint density at radius 1 is 1.12 bits per heavy atom. The molecule has 0 atom stereocenters. The largest absolute Gasteiger partial charge is 0.494 e. The van der Waals surface area contributed by atoms with Crippen molar-refractivity contribution >= 4 is 27.3 Å². The van der Waals surface area contributed by atoms with E-state index >= 15 is 0 Å². The van der Waals surface area contributed by atoms with Crippen LogP contribution < -0.4 is 14.8 Å². The number of amides is 1. The molecule has 1 aliphatic rings. The molecule has 0 spiro atoms. The lowest BCUT2D eigenvalue weighted by Crippen LogP contribution is -2.16. The zero-order valence-corrected chi connectivity index (χ0v) is 15.6. The first-order chi connectivity index (χ1) is 12.4. The minimum atomic E-state index is -3.77. The first-order valence-electron chi connectivity index (χ1n) is 8.56. The quantitative estimate of drug-likeness (QED) is 0.776. The van der Waals surface area contributed by atoms with E-state index in [-0.39, 0.29) is 16.7 Å². The topological polar surface area (TPSA) is 84.5 Å². The van der Waals surface area contributed by atoms with Gasteiger partial charge in [0.25, 0.3) is 10.0 Å². The minimum Gasteiger partial charge on any atom is -0.494 e. The standard InChI is InChI=1S/C19H22N2O4S/c1-3-25-17-10-8-15(9-11-17)21-26(23,24)18-12-16(7-4-13(18)2)20-19(22)14-5-6-14/h4,7-12,14,21H,3,5-6H2,1-2H3,(H,20,22). The van der Waals surface area contributed by atoms with Crippen LogP contribution in [-0.4, -0.2) is 20.9 Å². The summed E-state index contributed by atoms with van der Waals surface area (Å²) in [4.78, 5) is 12.0. The summed E-state index contributed by atoms with van der Waals surface area (Å²) in [7, 11) is -3.77. The molecular formula is C19H22N2O4S. The summed E-state index contributed by atoms with van der Waals surface area (Å²) in [6.45, 7) is 4.15. The summed E-state index contributed by atoms with van der Waals surface area (Å²) in [6.07, 6.45) is 1.78. The summed E-state index contributed by atoms with van der Waals surface area (Å²) >= 11 is 0. The van der Waals surface area contributed by atoms with E-state index in [0.29, 0.717) is 29.3 Å². The number of rotatable bonds is 7. The molecule has 2 aromatic rings. The maximum absolute atomic E-state index is 12.8. The molecule has 3 rings (SSSR count). The lowest BCUT2D eigenvalue weighted by molar-refractivity contribution is -0.117. The van der Waals surface area contributed by atoms with Gasteiger partial charge in [0.15, 0.2) is 0 Å². The van der Waals surface area contributed by atoms with E-state index in [9.17, 15) is 13.2 Å². The van der Waals surface area contributed by atoms with Gasteiger partial charge in [-0.2, -0.15) is 0 Å². The Kier molecular flexibility index (Phi) is 5.18. The molecule has 0 radical (unpaired) electrons. The second kappa shape index (κ2) is 7.37. The van der Waals surface area contributed by atoms with Crippen LogP contribution in [0, 0.1) is 12.8 Å². The van der Waals surface area contributed by atoms with Gasteiger partial charge in [-0.25, -0.2) is 8.42 Å². The van der Waals surface area contributed by atoms with E-state index in [1.807, 2.05) is 6.92 Å². The number of sulfonamides is 1. The van der Waals surface area contributed by atoms with Crippen molar-refractivity contribution in [1.29, 1.82) is 0 Å². The van der Waals surface area contributed by atoms with Gasteiger partial charge >= 0.3 is 0 Å². The predicted molar refractivity (Wildman–Crippen MR) is 101 cm³/mol. The maximum Gasteiger partial charge on any atom is 0.262 e. The third kappa shape index (κ3) is 4.35. The highest BCUT2D eigenvalue weighted by atomic mass is 32.2. The number of hydrogen-bond acceptors (Lipinski definition) is 4. The summed E-state index contributed by atoms with van der Waals surface area (Å²) in [5.74, 6) is 0.673. The summed E-state index contributed by atoms with van der Waals surface area (Å²) < 4.78 is 33.4. The molecule has 1 amide bonds. The van der Waals surface area contributed by atoms with Crippen LogP contribution >= 0.6 is 0 Å². The van der Waals surface area contributed by atoms with Crippen molar-refractivity contribution in [2.24, 2.45) is 5.92 Å². The van der Waals surface area contributed by atoms with Crippen molar-refractivity contribution < 1.29 is 17.9 Å². The van der Waals surface area contributed by atoms with Gasteiger partial charge in [-0.05, 0) is 68.7 Å². The molecule has 0 heterocycles. The van der Waals surface area contributed by atoms with E-state index in [2.05, 4.69) is 10.0 Å². The lowest BCUT2D eigenvalue weighted by atomic mass is 10.2. The van der Waals surface area contributed by atoms with E-state index in [0.717, 1.165) is 12.8 Å². The van der Waals surface area contributed by atoms with Gasteiger partial charge in [0.2, 0.25) is 5.91 Å². The Hall–Kier alpha value is -2.54. The van der Waals surface area contributed by atoms with Crippen LogP contribution in [0.25, 0.3) is 0 Å². The van der Waals surface area contributed by atoms with Crippen LogP contribution in [0.5, 0.6) is 5.75 Å². The molecule has 138 valence electrons. The number of carbonyl (C=O) groups excluding carboxylic acids is 1. The van der Waals surface area contributed by atoms with Crippen LogP contribution in [0.4, 0.5) is 11.4 Å². The van der Waals surface area contributed by atoms with Gasteiger partial charge in [-0.15, -0.1) is 0 Å². The Balaban J connectivity index is 1.80. The molecule has 0 aromatic heterocycles. The maximum atomic E-state index is 12.8. The van der Waals surface area contributed by atoms with Crippen molar-refractivity contribution in [3.05, 3.63) is 48.0 Å². The smallest absolute Gasteiger partial charge is 0.262 e. The monoisotopic (exact) mass is 374 g/mol. The van der Waals surface area contributed by atoms with Gasteiger partial charge in [0.1, 0.15) is 5.75 Å². The van der Waals surface area contributed by atoms with Crippen molar-refractivity contribution in [3.63, 3.8) is 0 Å². The van der Waals surface area contributed by atoms with E-state index in [4.69, 9.17) is 4.74 Å². The second-order valence-electron chi connectivity index (χ2n) is 6.31. The fraction of sp³-hybridized carbons (Fsp3) is 0.316. The molecule has 1 aliphatic carbocycles. The van der Waals surface area contributed by atoms with Crippen molar-refractivity contribution in [3.8, 4) is 5.75 Å². The number of benzene rings is 2. The van der Waals surface area contributed by atoms with Gasteiger partial charge in [-0.3, -0.25) is 9.52 Å². The minimum absolute atomic E-state index is 0.0540. The fourth-order valence-corrected chi connectivity index (χ4v) is 3.88. The third-order valence-corrected chi connectivity index (χ3v) is 5.63. The zero-order valence-electron chi connectivity index (χ0n) is 14.8. The predicted octanol–water partition coefficient (Wildman–Crippen LogP) is 3.54. The Bertz CT molecular complexity index is 904. The number of anilines is 2. The highest BCUT2D eigenvalue weighted by Crippen LogP contribution is 2.31. The van der Waals surface area contributed by atoms with Crippen molar-refractivity contribution in [1.82, 2.24) is 0 Å².